The van der Waals surface area contributed by atoms with Gasteiger partial charge in [-0.15, -0.1) is 0 Å². The smallest absolute Gasteiger partial charge is 0.317 e. The van der Waals surface area contributed by atoms with Gasteiger partial charge in [0, 0.05) is 17.0 Å². The molecule has 3 rings (SSSR count). The van der Waals surface area contributed by atoms with Crippen molar-refractivity contribution < 1.29 is 18.0 Å². The zero-order chi connectivity index (χ0) is 23.5. The predicted molar refractivity (Wildman–Crippen MR) is 120 cm³/mol. The quantitative estimate of drug-likeness (QED) is 0.388. The van der Waals surface area contributed by atoms with Crippen molar-refractivity contribution in [3.05, 3.63) is 87.7 Å². The van der Waals surface area contributed by atoms with Gasteiger partial charge in [0.1, 0.15) is 0 Å². The Balaban J connectivity index is 1.75. The summed E-state index contributed by atoms with van der Waals surface area (Å²) in [6.07, 6.45) is -2.17. The minimum Gasteiger partial charge on any atom is -0.317 e. The molecule has 0 bridgehead atoms. The first kappa shape index (κ1) is 23.3. The van der Waals surface area contributed by atoms with Gasteiger partial charge in [-0.2, -0.15) is 18.3 Å². The molecule has 0 fully saturated rings. The highest BCUT2D eigenvalue weighted by molar-refractivity contribution is 5.85. The maximum atomic E-state index is 12.8. The number of rotatable bonds is 6. The molecule has 0 spiro atoms. The maximum absolute atomic E-state index is 12.8. The van der Waals surface area contributed by atoms with Gasteiger partial charge in [-0.1, -0.05) is 43.3 Å². The summed E-state index contributed by atoms with van der Waals surface area (Å²) in [5.41, 5.74) is 8.36. The van der Waals surface area contributed by atoms with Crippen LogP contribution in [0.2, 0.25) is 0 Å². The van der Waals surface area contributed by atoms with Crippen LogP contribution in [-0.2, 0) is 23.8 Å². The van der Waals surface area contributed by atoms with Crippen molar-refractivity contribution in [2.45, 2.75) is 46.7 Å². The molecular weight excluding hydrogens is 415 g/mol. The van der Waals surface area contributed by atoms with Crippen molar-refractivity contribution in [3.8, 4) is 5.69 Å². The van der Waals surface area contributed by atoms with Crippen LogP contribution in [0.5, 0.6) is 0 Å². The zero-order valence-corrected chi connectivity index (χ0v) is 18.5. The number of hydrazone groups is 1. The number of hydrogen-bond donors (Lipinski definition) is 1. The molecule has 0 radical (unpaired) electrons. The standard InChI is InChI=1S/C25H26F3N3O/c1-5-20-10-6-8-16(2)24(20)31-17(3)12-21(18(31)4)15-29-30-23(32)14-19-9-7-11-22(13-19)25(26,27)28/h6-13,15H,5,14H2,1-4H3,(H,30,32)/b29-15+. The van der Waals surface area contributed by atoms with Gasteiger partial charge in [0.05, 0.1) is 23.9 Å². The van der Waals surface area contributed by atoms with Gasteiger partial charge in [0.25, 0.3) is 0 Å². The maximum Gasteiger partial charge on any atom is 0.416 e. The van der Waals surface area contributed by atoms with Gasteiger partial charge < -0.3 is 4.57 Å². The Bertz CT molecular complexity index is 1160. The lowest BCUT2D eigenvalue weighted by Gasteiger charge is -2.17. The fourth-order valence-corrected chi connectivity index (χ4v) is 3.84. The molecule has 0 aliphatic heterocycles. The summed E-state index contributed by atoms with van der Waals surface area (Å²) < 4.78 is 40.7. The van der Waals surface area contributed by atoms with E-state index in [1.807, 2.05) is 26.0 Å². The number of amides is 1. The highest BCUT2D eigenvalue weighted by Crippen LogP contribution is 2.29. The lowest BCUT2D eigenvalue weighted by molar-refractivity contribution is -0.137. The van der Waals surface area contributed by atoms with Crippen molar-refractivity contribution in [1.82, 2.24) is 9.99 Å². The normalized spacial score (nSPS) is 11.8. The molecule has 168 valence electrons. The van der Waals surface area contributed by atoms with E-state index in [0.717, 1.165) is 41.2 Å². The number of aryl methyl sites for hydroxylation is 3. The molecule has 0 saturated heterocycles. The molecule has 32 heavy (non-hydrogen) atoms. The molecule has 0 aliphatic rings. The van der Waals surface area contributed by atoms with Crippen LogP contribution in [0.15, 0.2) is 53.6 Å². The van der Waals surface area contributed by atoms with Crippen LogP contribution in [0.1, 0.15) is 46.1 Å². The largest absolute Gasteiger partial charge is 0.416 e. The van der Waals surface area contributed by atoms with E-state index in [-0.39, 0.29) is 12.0 Å². The molecule has 0 saturated carbocycles. The van der Waals surface area contributed by atoms with E-state index in [1.54, 1.807) is 6.21 Å². The lowest BCUT2D eigenvalue weighted by Crippen LogP contribution is -2.20. The van der Waals surface area contributed by atoms with Crippen molar-refractivity contribution in [2.24, 2.45) is 5.10 Å². The van der Waals surface area contributed by atoms with E-state index in [9.17, 15) is 18.0 Å². The Hall–Kier alpha value is -3.35. The Morgan fingerprint density at radius 1 is 1.09 bits per heavy atom. The van der Waals surface area contributed by atoms with Gasteiger partial charge in [0.15, 0.2) is 0 Å². The number of carbonyl (C=O) groups excluding carboxylic acids is 1. The summed E-state index contributed by atoms with van der Waals surface area (Å²) in [7, 11) is 0. The van der Waals surface area contributed by atoms with Gasteiger partial charge >= 0.3 is 6.18 Å². The number of halogens is 3. The van der Waals surface area contributed by atoms with Crippen LogP contribution in [0, 0.1) is 20.8 Å². The van der Waals surface area contributed by atoms with Crippen molar-refractivity contribution in [2.75, 3.05) is 0 Å². The molecule has 0 aliphatic carbocycles. The SMILES string of the molecule is CCc1cccc(C)c1-n1c(C)cc(/C=N/NC(=O)Cc2cccc(C(F)(F)F)c2)c1C. The predicted octanol–water partition coefficient (Wildman–Crippen LogP) is 5.68. The van der Waals surface area contributed by atoms with E-state index >= 15 is 0 Å². The van der Waals surface area contributed by atoms with Crippen LogP contribution in [0.25, 0.3) is 5.69 Å². The van der Waals surface area contributed by atoms with Crippen LogP contribution in [0.4, 0.5) is 13.2 Å². The van der Waals surface area contributed by atoms with Gasteiger partial charge in [-0.25, -0.2) is 5.43 Å². The monoisotopic (exact) mass is 441 g/mol. The number of alkyl halides is 3. The van der Waals surface area contributed by atoms with Gasteiger partial charge in [-0.3, -0.25) is 4.79 Å². The van der Waals surface area contributed by atoms with Crippen LogP contribution >= 0.6 is 0 Å². The topological polar surface area (TPSA) is 46.4 Å². The van der Waals surface area contributed by atoms with E-state index in [2.05, 4.69) is 41.1 Å². The molecule has 1 heterocycles. The number of carbonyl (C=O) groups is 1. The third kappa shape index (κ3) is 5.10. The first-order valence-corrected chi connectivity index (χ1v) is 10.4. The third-order valence-corrected chi connectivity index (χ3v) is 5.41. The van der Waals surface area contributed by atoms with Crippen LogP contribution in [-0.4, -0.2) is 16.7 Å². The first-order valence-electron chi connectivity index (χ1n) is 10.4. The molecule has 4 nitrogen and oxygen atoms in total. The van der Waals surface area contributed by atoms with Crippen LogP contribution < -0.4 is 5.43 Å². The number of hydrogen-bond acceptors (Lipinski definition) is 2. The average molecular weight is 441 g/mol. The van der Waals surface area contributed by atoms with Crippen molar-refractivity contribution in [1.29, 1.82) is 0 Å². The second kappa shape index (κ2) is 9.42. The first-order chi connectivity index (χ1) is 15.1. The Labute approximate surface area is 185 Å². The van der Waals surface area contributed by atoms with Crippen LogP contribution in [0.3, 0.4) is 0 Å². The number of benzene rings is 2. The molecular formula is C25H26F3N3O. The second-order valence-electron chi connectivity index (χ2n) is 7.77. The number of nitrogens with one attached hydrogen (secondary N) is 1. The summed E-state index contributed by atoms with van der Waals surface area (Å²) in [6.45, 7) is 8.21. The zero-order valence-electron chi connectivity index (χ0n) is 18.5. The number of nitrogens with zero attached hydrogens (tertiary/aromatic N) is 2. The van der Waals surface area contributed by atoms with E-state index in [0.29, 0.717) is 0 Å². The Morgan fingerprint density at radius 2 is 1.81 bits per heavy atom. The molecule has 0 atom stereocenters. The lowest BCUT2D eigenvalue weighted by atomic mass is 10.1. The minimum absolute atomic E-state index is 0.191. The van der Waals surface area contributed by atoms with Gasteiger partial charge in [-0.05, 0) is 56.0 Å². The van der Waals surface area contributed by atoms with E-state index < -0.39 is 17.6 Å². The summed E-state index contributed by atoms with van der Waals surface area (Å²) in [5, 5.41) is 4.02. The third-order valence-electron chi connectivity index (χ3n) is 5.41. The molecule has 2 aromatic carbocycles. The molecule has 1 amide bonds. The fourth-order valence-electron chi connectivity index (χ4n) is 3.84. The summed E-state index contributed by atoms with van der Waals surface area (Å²) in [6, 6.07) is 13.0. The Kier molecular flexibility index (Phi) is 6.87. The second-order valence-corrected chi connectivity index (χ2v) is 7.77. The highest BCUT2D eigenvalue weighted by Gasteiger charge is 2.30. The fraction of sp³-hybridized carbons (Fsp3) is 0.280. The molecule has 0 unspecified atom stereocenters. The van der Waals surface area contributed by atoms with Crippen molar-refractivity contribution >= 4 is 12.1 Å². The number of aromatic nitrogens is 1. The summed E-state index contributed by atoms with van der Waals surface area (Å²) >= 11 is 0. The molecule has 3 aromatic rings. The molecule has 7 heteroatoms. The summed E-state index contributed by atoms with van der Waals surface area (Å²) in [4.78, 5) is 12.2. The highest BCUT2D eigenvalue weighted by atomic mass is 19.4. The minimum atomic E-state index is -4.44. The number of para-hydroxylation sites is 1. The Morgan fingerprint density at radius 3 is 2.50 bits per heavy atom. The molecule has 1 aromatic heterocycles. The van der Waals surface area contributed by atoms with E-state index in [4.69, 9.17) is 0 Å². The van der Waals surface area contributed by atoms with Crippen molar-refractivity contribution in [3.63, 3.8) is 0 Å². The average Bonchev–Trinajstić information content (AvgIpc) is 3.00. The summed E-state index contributed by atoms with van der Waals surface area (Å²) in [5.74, 6) is -0.485. The van der Waals surface area contributed by atoms with E-state index in [1.165, 1.54) is 23.3 Å². The molecule has 1 N–H and O–H groups in total. The van der Waals surface area contributed by atoms with Gasteiger partial charge in [0.2, 0.25) is 5.91 Å².